The molecule has 0 fully saturated rings. The highest BCUT2D eigenvalue weighted by atomic mass is 16.4. The number of unbranched alkanes of at least 4 members (excludes halogenated alkanes) is 1. The maximum Gasteiger partial charge on any atom is 0.326 e. The summed E-state index contributed by atoms with van der Waals surface area (Å²) in [5.74, 6) is -5.52. The van der Waals surface area contributed by atoms with E-state index in [9.17, 15) is 29.1 Å². The van der Waals surface area contributed by atoms with E-state index in [4.69, 9.17) is 28.0 Å². The average molecular weight is 517 g/mol. The van der Waals surface area contributed by atoms with Crippen LogP contribution in [0.2, 0.25) is 0 Å². The first kappa shape index (κ1) is 32.5. The van der Waals surface area contributed by atoms with Crippen molar-refractivity contribution in [2.45, 2.75) is 76.5 Å². The second-order valence-electron chi connectivity index (χ2n) is 8.63. The van der Waals surface area contributed by atoms with Crippen molar-refractivity contribution in [3.63, 3.8) is 0 Å². The van der Waals surface area contributed by atoms with Crippen LogP contribution in [-0.4, -0.2) is 83.1 Å². The standard InChI is InChI=1S/C21H40N8O7/c1-11(2)16(29-17(32)12(23)6-5-9-26-21(24)25)19(34)27-13(7-3-4-8-22)18(33)28-14(20(35)36)10-15(30)31/h11-14,16H,3-10,22-23H2,1-2H3,(H,27,34)(H,28,33)(H,29,32)(H,30,31)(H,35,36)(H4,24,25,26). The number of hydrogen-bond acceptors (Lipinski definition) is 8. The quantitative estimate of drug-likeness (QED) is 0.0508. The molecule has 36 heavy (non-hydrogen) atoms. The molecule has 0 aromatic heterocycles. The number of rotatable bonds is 18. The first-order chi connectivity index (χ1) is 16.8. The number of guanidine groups is 1. The molecule has 4 atom stereocenters. The number of aliphatic carboxylic acids is 2. The van der Waals surface area contributed by atoms with Crippen molar-refractivity contribution in [3.8, 4) is 0 Å². The first-order valence-electron chi connectivity index (χ1n) is 11.7. The topological polar surface area (TPSA) is 278 Å². The Kier molecular flexibility index (Phi) is 15.4. The molecule has 0 aliphatic heterocycles. The molecule has 0 aliphatic rings. The van der Waals surface area contributed by atoms with E-state index in [1.54, 1.807) is 13.8 Å². The zero-order chi connectivity index (χ0) is 27.8. The Balaban J connectivity index is 5.36. The van der Waals surface area contributed by atoms with Crippen LogP contribution < -0.4 is 38.9 Å². The van der Waals surface area contributed by atoms with Gasteiger partial charge in [0.15, 0.2) is 5.96 Å². The van der Waals surface area contributed by atoms with Crippen molar-refractivity contribution in [3.05, 3.63) is 0 Å². The lowest BCUT2D eigenvalue weighted by Crippen LogP contribution is -2.58. The molecule has 13 N–H and O–H groups in total. The number of aliphatic imine (C=N–C) groups is 1. The molecule has 0 rings (SSSR count). The third kappa shape index (κ3) is 13.4. The highest BCUT2D eigenvalue weighted by Crippen LogP contribution is 2.08. The van der Waals surface area contributed by atoms with E-state index in [1.807, 2.05) is 0 Å². The summed E-state index contributed by atoms with van der Waals surface area (Å²) < 4.78 is 0. The minimum absolute atomic E-state index is 0.0766. The minimum atomic E-state index is -1.68. The lowest BCUT2D eigenvalue weighted by Gasteiger charge is -2.27. The predicted molar refractivity (Wildman–Crippen MR) is 131 cm³/mol. The summed E-state index contributed by atoms with van der Waals surface area (Å²) >= 11 is 0. The first-order valence-corrected chi connectivity index (χ1v) is 11.7. The van der Waals surface area contributed by atoms with Crippen LogP contribution in [0.3, 0.4) is 0 Å². The second-order valence-corrected chi connectivity index (χ2v) is 8.63. The number of nitrogens with zero attached hydrogens (tertiary/aromatic N) is 1. The number of carboxylic acids is 2. The predicted octanol–water partition coefficient (Wildman–Crippen LogP) is -2.83. The summed E-state index contributed by atoms with van der Waals surface area (Å²) in [6, 6.07) is -4.82. The van der Waals surface area contributed by atoms with Gasteiger partial charge in [-0.1, -0.05) is 13.8 Å². The van der Waals surface area contributed by atoms with Gasteiger partial charge in [-0.05, 0) is 44.6 Å². The lowest BCUT2D eigenvalue weighted by atomic mass is 10.0. The van der Waals surface area contributed by atoms with Crippen LogP contribution >= 0.6 is 0 Å². The van der Waals surface area contributed by atoms with Crippen molar-refractivity contribution >= 4 is 35.6 Å². The highest BCUT2D eigenvalue weighted by Gasteiger charge is 2.32. The molecular weight excluding hydrogens is 476 g/mol. The summed E-state index contributed by atoms with van der Waals surface area (Å²) in [6.45, 7) is 4.00. The van der Waals surface area contributed by atoms with Gasteiger partial charge < -0.3 is 49.1 Å². The van der Waals surface area contributed by atoms with Crippen LogP contribution in [0.1, 0.15) is 52.4 Å². The average Bonchev–Trinajstić information content (AvgIpc) is 2.77. The summed E-state index contributed by atoms with van der Waals surface area (Å²) in [7, 11) is 0. The fourth-order valence-corrected chi connectivity index (χ4v) is 3.12. The van der Waals surface area contributed by atoms with Crippen molar-refractivity contribution in [2.24, 2.45) is 33.8 Å². The number of amides is 3. The van der Waals surface area contributed by atoms with Gasteiger partial charge in [0, 0.05) is 6.54 Å². The smallest absolute Gasteiger partial charge is 0.326 e. The summed E-state index contributed by atoms with van der Waals surface area (Å²) in [5.41, 5.74) is 21.9. The molecule has 0 aromatic carbocycles. The van der Waals surface area contributed by atoms with E-state index in [2.05, 4.69) is 20.9 Å². The Morgan fingerprint density at radius 1 is 0.833 bits per heavy atom. The second kappa shape index (κ2) is 17.0. The fourth-order valence-electron chi connectivity index (χ4n) is 3.12. The fraction of sp³-hybridized carbons (Fsp3) is 0.714. The van der Waals surface area contributed by atoms with E-state index in [0.717, 1.165) is 0 Å². The van der Waals surface area contributed by atoms with Gasteiger partial charge in [-0.2, -0.15) is 0 Å². The van der Waals surface area contributed by atoms with E-state index < -0.39 is 60.2 Å². The van der Waals surface area contributed by atoms with Gasteiger partial charge in [-0.15, -0.1) is 0 Å². The third-order valence-electron chi connectivity index (χ3n) is 5.12. The van der Waals surface area contributed by atoms with Crippen LogP contribution in [0, 0.1) is 5.92 Å². The van der Waals surface area contributed by atoms with Gasteiger partial charge in [0.2, 0.25) is 17.7 Å². The highest BCUT2D eigenvalue weighted by molar-refractivity contribution is 5.94. The number of nitrogens with one attached hydrogen (secondary N) is 3. The molecule has 0 saturated carbocycles. The van der Waals surface area contributed by atoms with E-state index in [-0.39, 0.29) is 31.3 Å². The Morgan fingerprint density at radius 2 is 1.44 bits per heavy atom. The Labute approximate surface area is 209 Å². The Hall–Kier alpha value is -3.46. The minimum Gasteiger partial charge on any atom is -0.481 e. The molecule has 0 spiro atoms. The molecule has 0 radical (unpaired) electrons. The normalized spacial score (nSPS) is 14.1. The van der Waals surface area contributed by atoms with Crippen molar-refractivity contribution in [1.29, 1.82) is 0 Å². The molecular formula is C21H40N8O7. The maximum absolute atomic E-state index is 13.0. The van der Waals surface area contributed by atoms with Crippen LogP contribution in [-0.2, 0) is 24.0 Å². The van der Waals surface area contributed by atoms with Crippen molar-refractivity contribution < 1.29 is 34.2 Å². The molecule has 206 valence electrons. The third-order valence-corrected chi connectivity index (χ3v) is 5.12. The van der Waals surface area contributed by atoms with Gasteiger partial charge in [0.05, 0.1) is 12.5 Å². The summed E-state index contributed by atoms with van der Waals surface area (Å²) in [4.78, 5) is 64.3. The monoisotopic (exact) mass is 516 g/mol. The molecule has 0 saturated heterocycles. The lowest BCUT2D eigenvalue weighted by molar-refractivity contribution is -0.147. The van der Waals surface area contributed by atoms with Gasteiger partial charge in [-0.25, -0.2) is 4.79 Å². The largest absolute Gasteiger partial charge is 0.481 e. The van der Waals surface area contributed by atoms with Gasteiger partial charge in [-0.3, -0.25) is 24.2 Å². The Morgan fingerprint density at radius 3 is 1.94 bits per heavy atom. The van der Waals surface area contributed by atoms with Gasteiger partial charge in [0.1, 0.15) is 18.1 Å². The van der Waals surface area contributed by atoms with Crippen molar-refractivity contribution in [1.82, 2.24) is 16.0 Å². The van der Waals surface area contributed by atoms with Crippen LogP contribution in [0.25, 0.3) is 0 Å². The number of carbonyl (C=O) groups is 5. The molecule has 3 amide bonds. The molecule has 0 heterocycles. The summed E-state index contributed by atoms with van der Waals surface area (Å²) in [5, 5.41) is 25.3. The van der Waals surface area contributed by atoms with Crippen molar-refractivity contribution in [2.75, 3.05) is 13.1 Å². The van der Waals surface area contributed by atoms with Crippen LogP contribution in [0.15, 0.2) is 4.99 Å². The van der Waals surface area contributed by atoms with Crippen LogP contribution in [0.5, 0.6) is 0 Å². The van der Waals surface area contributed by atoms with Crippen LogP contribution in [0.4, 0.5) is 0 Å². The SMILES string of the molecule is CC(C)C(NC(=O)C(N)CCCN=C(N)N)C(=O)NC(CCCCN)C(=O)NC(CC(=O)O)C(=O)O. The number of carboxylic acid groups (broad SMARTS) is 2. The molecule has 0 aliphatic carbocycles. The zero-order valence-electron chi connectivity index (χ0n) is 20.7. The van der Waals surface area contributed by atoms with E-state index >= 15 is 0 Å². The van der Waals surface area contributed by atoms with E-state index in [0.29, 0.717) is 25.8 Å². The Bertz CT molecular complexity index is 786. The summed E-state index contributed by atoms with van der Waals surface area (Å²) in [6.07, 6.45) is 0.962. The van der Waals surface area contributed by atoms with Gasteiger partial charge in [0.25, 0.3) is 0 Å². The number of carbonyl (C=O) groups excluding carboxylic acids is 3. The number of hydrogen-bond donors (Lipinski definition) is 9. The molecule has 15 heteroatoms. The number of nitrogens with two attached hydrogens (primary N) is 4. The molecule has 0 bridgehead atoms. The molecule has 15 nitrogen and oxygen atoms in total. The maximum atomic E-state index is 13.0. The van der Waals surface area contributed by atoms with E-state index in [1.165, 1.54) is 0 Å². The molecule has 4 unspecified atom stereocenters. The van der Waals surface area contributed by atoms with Gasteiger partial charge >= 0.3 is 11.9 Å². The zero-order valence-corrected chi connectivity index (χ0v) is 20.7. The molecule has 0 aromatic rings.